The lowest BCUT2D eigenvalue weighted by Gasteiger charge is -2.11. The van der Waals surface area contributed by atoms with Gasteiger partial charge in [0.1, 0.15) is 5.82 Å². The molecule has 0 saturated heterocycles. The van der Waals surface area contributed by atoms with Crippen LogP contribution in [0.3, 0.4) is 0 Å². The third-order valence-electron chi connectivity index (χ3n) is 4.07. The number of hydrogen-bond donors (Lipinski definition) is 2. The highest BCUT2D eigenvalue weighted by molar-refractivity contribution is 7.92. The standard InChI is InChI=1S/C21H17FN2O5S/c1-29-21(26)15-7-4-8-16(12-15)23-20(25)14-6-5-9-17(13-14)30(27,28)24-19-11-3-2-10-18(19)22/h2-13,24H,1H3,(H,23,25). The minimum absolute atomic E-state index is 0.0647. The lowest BCUT2D eigenvalue weighted by Crippen LogP contribution is -2.16. The smallest absolute Gasteiger partial charge is 0.337 e. The first-order valence-electron chi connectivity index (χ1n) is 8.67. The number of ether oxygens (including phenoxy) is 1. The number of carbonyl (C=O) groups excluding carboxylic acids is 2. The van der Waals surface area contributed by atoms with Crippen molar-refractivity contribution < 1.29 is 27.1 Å². The van der Waals surface area contributed by atoms with Gasteiger partial charge in [0.05, 0.1) is 23.3 Å². The Morgan fingerprint density at radius 2 is 1.60 bits per heavy atom. The van der Waals surface area contributed by atoms with E-state index in [2.05, 4.69) is 14.8 Å². The number of methoxy groups -OCH3 is 1. The van der Waals surface area contributed by atoms with E-state index in [0.29, 0.717) is 5.69 Å². The van der Waals surface area contributed by atoms with Crippen molar-refractivity contribution >= 4 is 33.3 Å². The number of para-hydroxylation sites is 1. The topological polar surface area (TPSA) is 102 Å². The Bertz CT molecular complexity index is 1210. The van der Waals surface area contributed by atoms with E-state index in [9.17, 15) is 22.4 Å². The first-order valence-corrected chi connectivity index (χ1v) is 10.2. The van der Waals surface area contributed by atoms with Crippen LogP contribution in [0.4, 0.5) is 15.8 Å². The van der Waals surface area contributed by atoms with E-state index >= 15 is 0 Å². The number of amides is 1. The second kappa shape index (κ2) is 8.75. The second-order valence-electron chi connectivity index (χ2n) is 6.14. The van der Waals surface area contributed by atoms with Crippen molar-refractivity contribution in [3.8, 4) is 0 Å². The van der Waals surface area contributed by atoms with Gasteiger partial charge in [-0.25, -0.2) is 17.6 Å². The molecule has 0 atom stereocenters. The van der Waals surface area contributed by atoms with Crippen LogP contribution in [0.25, 0.3) is 0 Å². The highest BCUT2D eigenvalue weighted by atomic mass is 32.2. The molecule has 0 saturated carbocycles. The summed E-state index contributed by atoms with van der Waals surface area (Å²) in [6.45, 7) is 0. The van der Waals surface area contributed by atoms with E-state index in [1.165, 1.54) is 61.7 Å². The Morgan fingerprint density at radius 3 is 2.33 bits per heavy atom. The zero-order valence-corrected chi connectivity index (χ0v) is 16.6. The van der Waals surface area contributed by atoms with Crippen molar-refractivity contribution in [1.29, 1.82) is 0 Å². The van der Waals surface area contributed by atoms with Crippen LogP contribution < -0.4 is 10.0 Å². The molecule has 0 bridgehead atoms. The van der Waals surface area contributed by atoms with Gasteiger partial charge >= 0.3 is 5.97 Å². The van der Waals surface area contributed by atoms with Gasteiger partial charge in [-0.2, -0.15) is 0 Å². The summed E-state index contributed by atoms with van der Waals surface area (Å²) in [4.78, 5) is 24.0. The zero-order chi connectivity index (χ0) is 21.7. The summed E-state index contributed by atoms with van der Waals surface area (Å²) in [6.07, 6.45) is 0. The maximum atomic E-state index is 13.8. The number of nitrogens with one attached hydrogen (secondary N) is 2. The van der Waals surface area contributed by atoms with Crippen LogP contribution in [-0.4, -0.2) is 27.4 Å². The molecule has 1 amide bonds. The highest BCUT2D eigenvalue weighted by Gasteiger charge is 2.18. The van der Waals surface area contributed by atoms with Crippen LogP contribution in [0.5, 0.6) is 0 Å². The van der Waals surface area contributed by atoms with Crippen molar-refractivity contribution in [2.45, 2.75) is 4.90 Å². The fraction of sp³-hybridized carbons (Fsp3) is 0.0476. The molecular formula is C21H17FN2O5S. The summed E-state index contributed by atoms with van der Waals surface area (Å²) in [5, 5.41) is 2.59. The molecule has 0 spiro atoms. The van der Waals surface area contributed by atoms with Crippen molar-refractivity contribution in [1.82, 2.24) is 0 Å². The number of rotatable bonds is 6. The summed E-state index contributed by atoms with van der Waals surface area (Å²) in [7, 11) is -2.87. The van der Waals surface area contributed by atoms with E-state index in [0.717, 1.165) is 6.07 Å². The van der Waals surface area contributed by atoms with Gasteiger partial charge in [-0.3, -0.25) is 9.52 Å². The molecule has 0 aliphatic heterocycles. The Kier molecular flexibility index (Phi) is 6.12. The third kappa shape index (κ3) is 4.81. The van der Waals surface area contributed by atoms with Crippen LogP contribution in [0.15, 0.2) is 77.7 Å². The molecule has 0 radical (unpaired) electrons. The van der Waals surface area contributed by atoms with E-state index < -0.39 is 27.7 Å². The van der Waals surface area contributed by atoms with E-state index in [-0.39, 0.29) is 21.7 Å². The minimum atomic E-state index is -4.12. The summed E-state index contributed by atoms with van der Waals surface area (Å²) >= 11 is 0. The number of carbonyl (C=O) groups is 2. The maximum absolute atomic E-state index is 13.8. The Morgan fingerprint density at radius 1 is 0.900 bits per heavy atom. The van der Waals surface area contributed by atoms with Gasteiger partial charge in [-0.15, -0.1) is 0 Å². The van der Waals surface area contributed by atoms with Gasteiger partial charge in [0, 0.05) is 11.3 Å². The fourth-order valence-corrected chi connectivity index (χ4v) is 3.71. The van der Waals surface area contributed by atoms with Crippen LogP contribution in [0, 0.1) is 5.82 Å². The van der Waals surface area contributed by atoms with E-state index in [1.54, 1.807) is 12.1 Å². The fourth-order valence-electron chi connectivity index (χ4n) is 2.60. The lowest BCUT2D eigenvalue weighted by molar-refractivity contribution is 0.0600. The first kappa shape index (κ1) is 21.0. The normalized spacial score (nSPS) is 10.9. The summed E-state index contributed by atoms with van der Waals surface area (Å²) < 4.78 is 45.7. The molecule has 0 aromatic heterocycles. The predicted molar refractivity (Wildman–Crippen MR) is 109 cm³/mol. The Hall–Kier alpha value is -3.72. The monoisotopic (exact) mass is 428 g/mol. The number of anilines is 2. The van der Waals surface area contributed by atoms with E-state index in [4.69, 9.17) is 0 Å². The Labute approximate surface area is 172 Å². The molecule has 7 nitrogen and oxygen atoms in total. The molecule has 30 heavy (non-hydrogen) atoms. The molecule has 0 heterocycles. The number of hydrogen-bond acceptors (Lipinski definition) is 5. The lowest BCUT2D eigenvalue weighted by atomic mass is 10.1. The average Bonchev–Trinajstić information content (AvgIpc) is 2.75. The molecule has 0 aliphatic carbocycles. The van der Waals surface area contributed by atoms with Crippen molar-refractivity contribution in [2.24, 2.45) is 0 Å². The number of sulfonamides is 1. The van der Waals surface area contributed by atoms with Crippen LogP contribution in [0.1, 0.15) is 20.7 Å². The number of halogens is 1. The SMILES string of the molecule is COC(=O)c1cccc(NC(=O)c2cccc(S(=O)(=O)Nc3ccccc3F)c2)c1. The molecule has 0 unspecified atom stereocenters. The maximum Gasteiger partial charge on any atom is 0.337 e. The number of benzene rings is 3. The van der Waals surface area contributed by atoms with Crippen molar-refractivity contribution in [3.05, 3.63) is 89.7 Å². The highest BCUT2D eigenvalue weighted by Crippen LogP contribution is 2.20. The molecule has 3 rings (SSSR count). The van der Waals surface area contributed by atoms with Crippen LogP contribution in [-0.2, 0) is 14.8 Å². The molecule has 3 aromatic carbocycles. The van der Waals surface area contributed by atoms with Crippen molar-refractivity contribution in [3.63, 3.8) is 0 Å². The predicted octanol–water partition coefficient (Wildman–Crippen LogP) is 3.67. The van der Waals surface area contributed by atoms with Gasteiger partial charge in [-0.05, 0) is 48.5 Å². The van der Waals surface area contributed by atoms with Gasteiger partial charge in [-0.1, -0.05) is 24.3 Å². The largest absolute Gasteiger partial charge is 0.465 e. The summed E-state index contributed by atoms with van der Waals surface area (Å²) in [5.41, 5.74) is 0.447. The van der Waals surface area contributed by atoms with Gasteiger partial charge in [0.25, 0.3) is 15.9 Å². The van der Waals surface area contributed by atoms with Gasteiger partial charge in [0.15, 0.2) is 0 Å². The minimum Gasteiger partial charge on any atom is -0.465 e. The second-order valence-corrected chi connectivity index (χ2v) is 7.82. The molecular weight excluding hydrogens is 411 g/mol. The van der Waals surface area contributed by atoms with E-state index in [1.807, 2.05) is 0 Å². The molecule has 154 valence electrons. The quantitative estimate of drug-likeness (QED) is 0.584. The van der Waals surface area contributed by atoms with Crippen LogP contribution in [0.2, 0.25) is 0 Å². The Balaban J connectivity index is 1.82. The number of esters is 1. The van der Waals surface area contributed by atoms with Crippen molar-refractivity contribution in [2.75, 3.05) is 17.1 Å². The zero-order valence-electron chi connectivity index (χ0n) is 15.8. The average molecular weight is 428 g/mol. The summed E-state index contributed by atoms with van der Waals surface area (Å²) in [6, 6.07) is 16.7. The molecule has 0 fully saturated rings. The molecule has 2 N–H and O–H groups in total. The van der Waals surface area contributed by atoms with Crippen LogP contribution >= 0.6 is 0 Å². The summed E-state index contributed by atoms with van der Waals surface area (Å²) in [5.74, 6) is -1.86. The molecule has 0 aliphatic rings. The third-order valence-corrected chi connectivity index (χ3v) is 5.43. The van der Waals surface area contributed by atoms with Gasteiger partial charge in [0.2, 0.25) is 0 Å². The molecule has 3 aromatic rings. The molecule has 9 heteroatoms. The first-order chi connectivity index (χ1) is 14.3. The van der Waals surface area contributed by atoms with Gasteiger partial charge < -0.3 is 10.1 Å².